The number of likely N-dealkylation sites (tertiary alicyclic amines) is 1. The average molecular weight is 252 g/mol. The molecule has 0 aromatic rings. The number of nitrogens with zero attached hydrogens (tertiary/aromatic N) is 1. The van der Waals surface area contributed by atoms with E-state index in [-0.39, 0.29) is 0 Å². The number of piperidine rings is 1. The van der Waals surface area contributed by atoms with Gasteiger partial charge in [0, 0.05) is 12.1 Å². The van der Waals surface area contributed by atoms with E-state index in [0.717, 1.165) is 24.5 Å². The molecule has 0 aromatic heterocycles. The minimum atomic E-state index is 0.503. The number of hydrogen-bond donors (Lipinski definition) is 1. The summed E-state index contributed by atoms with van der Waals surface area (Å²) in [6.45, 7) is 13.2. The van der Waals surface area contributed by atoms with E-state index in [9.17, 15) is 0 Å². The van der Waals surface area contributed by atoms with Crippen LogP contribution in [0.25, 0.3) is 0 Å². The van der Waals surface area contributed by atoms with Crippen LogP contribution in [0.5, 0.6) is 0 Å². The lowest BCUT2D eigenvalue weighted by Gasteiger charge is -2.42. The molecule has 1 N–H and O–H groups in total. The number of likely N-dealkylation sites (N-methyl/N-ethyl adjacent to an activating group) is 1. The minimum absolute atomic E-state index is 0.503. The smallest absolute Gasteiger partial charge is 0.0249 e. The molecule has 0 amide bonds. The van der Waals surface area contributed by atoms with E-state index in [0.29, 0.717) is 5.41 Å². The molecule has 1 saturated heterocycles. The van der Waals surface area contributed by atoms with E-state index in [1.807, 2.05) is 0 Å². The molecule has 1 aliphatic heterocycles. The van der Waals surface area contributed by atoms with Gasteiger partial charge in [0.25, 0.3) is 0 Å². The van der Waals surface area contributed by atoms with Gasteiger partial charge in [0.15, 0.2) is 0 Å². The van der Waals surface area contributed by atoms with Gasteiger partial charge in [-0.15, -0.1) is 0 Å². The first kappa shape index (κ1) is 14.3. The first-order valence-corrected chi connectivity index (χ1v) is 7.99. The Bertz CT molecular complexity index is 248. The molecule has 0 spiro atoms. The lowest BCUT2D eigenvalue weighted by atomic mass is 9.75. The van der Waals surface area contributed by atoms with Crippen LogP contribution < -0.4 is 5.32 Å². The van der Waals surface area contributed by atoms with Crippen molar-refractivity contribution in [2.75, 3.05) is 19.6 Å². The van der Waals surface area contributed by atoms with Crippen LogP contribution in [-0.2, 0) is 0 Å². The Morgan fingerprint density at radius 1 is 1.06 bits per heavy atom. The molecule has 2 rings (SSSR count). The van der Waals surface area contributed by atoms with Gasteiger partial charge in [-0.25, -0.2) is 0 Å². The van der Waals surface area contributed by atoms with E-state index in [4.69, 9.17) is 0 Å². The zero-order valence-corrected chi connectivity index (χ0v) is 12.8. The largest absolute Gasteiger partial charge is 0.313 e. The summed E-state index contributed by atoms with van der Waals surface area (Å²) in [4.78, 5) is 2.78. The highest BCUT2D eigenvalue weighted by molar-refractivity contribution is 4.92. The fourth-order valence-corrected chi connectivity index (χ4v) is 3.97. The molecule has 2 aliphatic rings. The third kappa shape index (κ3) is 3.27. The lowest BCUT2D eigenvalue weighted by Crippen LogP contribution is -2.50. The molecule has 106 valence electrons. The minimum Gasteiger partial charge on any atom is -0.313 e. The van der Waals surface area contributed by atoms with Crippen LogP contribution in [0.4, 0.5) is 0 Å². The summed E-state index contributed by atoms with van der Waals surface area (Å²) in [5.41, 5.74) is 0.503. The fraction of sp³-hybridized carbons (Fsp3) is 1.00. The lowest BCUT2D eigenvalue weighted by molar-refractivity contribution is 0.0752. The summed E-state index contributed by atoms with van der Waals surface area (Å²) in [5, 5.41) is 3.69. The maximum atomic E-state index is 3.69. The van der Waals surface area contributed by atoms with Crippen LogP contribution in [0.15, 0.2) is 0 Å². The Morgan fingerprint density at radius 2 is 1.72 bits per heavy atom. The van der Waals surface area contributed by atoms with Crippen molar-refractivity contribution in [3.05, 3.63) is 0 Å². The third-order valence-corrected chi connectivity index (χ3v) is 5.17. The first-order chi connectivity index (χ1) is 8.52. The highest BCUT2D eigenvalue weighted by Crippen LogP contribution is 2.36. The summed E-state index contributed by atoms with van der Waals surface area (Å²) in [5.74, 6) is 0.924. The van der Waals surface area contributed by atoms with E-state index in [1.54, 1.807) is 0 Å². The van der Waals surface area contributed by atoms with Gasteiger partial charge in [-0.05, 0) is 56.7 Å². The molecule has 0 radical (unpaired) electrons. The summed E-state index contributed by atoms with van der Waals surface area (Å²) in [7, 11) is 0. The van der Waals surface area contributed by atoms with Gasteiger partial charge >= 0.3 is 0 Å². The maximum Gasteiger partial charge on any atom is 0.0249 e. The van der Waals surface area contributed by atoms with Gasteiger partial charge < -0.3 is 5.32 Å². The van der Waals surface area contributed by atoms with Crippen molar-refractivity contribution >= 4 is 0 Å². The zero-order chi connectivity index (χ0) is 13.2. The second-order valence-electron chi connectivity index (χ2n) is 7.34. The summed E-state index contributed by atoms with van der Waals surface area (Å²) >= 11 is 0. The standard InChI is InChI=1S/C16H32N2/c1-5-17-14-7-6-8-15(14)18-11-9-13(10-12-18)16(2,3)4/h13-15,17H,5-12H2,1-4H3. The molecular formula is C16H32N2. The first-order valence-electron chi connectivity index (χ1n) is 7.99. The fourth-order valence-electron chi connectivity index (χ4n) is 3.97. The van der Waals surface area contributed by atoms with Gasteiger partial charge in [0.1, 0.15) is 0 Å². The van der Waals surface area contributed by atoms with Crippen LogP contribution in [0.1, 0.15) is 59.8 Å². The molecule has 2 nitrogen and oxygen atoms in total. The van der Waals surface area contributed by atoms with E-state index in [2.05, 4.69) is 37.9 Å². The molecule has 0 bridgehead atoms. The van der Waals surface area contributed by atoms with Crippen LogP contribution >= 0.6 is 0 Å². The Hall–Kier alpha value is -0.0800. The Labute approximate surface area is 114 Å². The predicted molar refractivity (Wildman–Crippen MR) is 78.9 cm³/mol. The SMILES string of the molecule is CCNC1CCCC1N1CCC(C(C)(C)C)CC1. The summed E-state index contributed by atoms with van der Waals surface area (Å²) in [6, 6.07) is 1.59. The topological polar surface area (TPSA) is 15.3 Å². The van der Waals surface area contributed by atoms with Crippen molar-refractivity contribution in [3.63, 3.8) is 0 Å². The van der Waals surface area contributed by atoms with Crippen molar-refractivity contribution in [3.8, 4) is 0 Å². The molecule has 2 fully saturated rings. The third-order valence-electron chi connectivity index (χ3n) is 5.17. The number of nitrogens with one attached hydrogen (secondary N) is 1. The van der Waals surface area contributed by atoms with E-state index < -0.39 is 0 Å². The van der Waals surface area contributed by atoms with Crippen LogP contribution in [0.3, 0.4) is 0 Å². The second kappa shape index (κ2) is 5.92. The van der Waals surface area contributed by atoms with Crippen LogP contribution in [0, 0.1) is 11.3 Å². The number of rotatable bonds is 3. The highest BCUT2D eigenvalue weighted by Gasteiger charge is 2.35. The van der Waals surface area contributed by atoms with Crippen molar-refractivity contribution in [2.45, 2.75) is 71.9 Å². The molecule has 2 unspecified atom stereocenters. The molecule has 1 heterocycles. The Morgan fingerprint density at radius 3 is 2.28 bits per heavy atom. The number of hydrogen-bond acceptors (Lipinski definition) is 2. The monoisotopic (exact) mass is 252 g/mol. The van der Waals surface area contributed by atoms with Gasteiger partial charge in [0.2, 0.25) is 0 Å². The molecule has 2 heteroatoms. The van der Waals surface area contributed by atoms with Crippen molar-refractivity contribution in [2.24, 2.45) is 11.3 Å². The van der Waals surface area contributed by atoms with Crippen LogP contribution in [0.2, 0.25) is 0 Å². The Kier molecular flexibility index (Phi) is 4.71. The van der Waals surface area contributed by atoms with Crippen LogP contribution in [-0.4, -0.2) is 36.6 Å². The van der Waals surface area contributed by atoms with Crippen molar-refractivity contribution in [1.29, 1.82) is 0 Å². The molecule has 18 heavy (non-hydrogen) atoms. The molecule has 2 atom stereocenters. The molecule has 1 aliphatic carbocycles. The molecule has 1 saturated carbocycles. The van der Waals surface area contributed by atoms with E-state index in [1.165, 1.54) is 45.2 Å². The molecule has 0 aromatic carbocycles. The van der Waals surface area contributed by atoms with Gasteiger partial charge in [-0.1, -0.05) is 34.1 Å². The Balaban J connectivity index is 1.85. The molecular weight excluding hydrogens is 220 g/mol. The summed E-state index contributed by atoms with van der Waals surface area (Å²) < 4.78 is 0. The second-order valence-corrected chi connectivity index (χ2v) is 7.34. The van der Waals surface area contributed by atoms with E-state index >= 15 is 0 Å². The van der Waals surface area contributed by atoms with Gasteiger partial charge in [0.05, 0.1) is 0 Å². The average Bonchev–Trinajstić information content (AvgIpc) is 2.77. The highest BCUT2D eigenvalue weighted by atomic mass is 15.2. The van der Waals surface area contributed by atoms with Gasteiger partial charge in [-0.2, -0.15) is 0 Å². The van der Waals surface area contributed by atoms with Crippen molar-refractivity contribution < 1.29 is 0 Å². The maximum absolute atomic E-state index is 3.69. The van der Waals surface area contributed by atoms with Crippen molar-refractivity contribution in [1.82, 2.24) is 10.2 Å². The predicted octanol–water partition coefficient (Wildman–Crippen LogP) is 3.28. The zero-order valence-electron chi connectivity index (χ0n) is 12.8. The van der Waals surface area contributed by atoms with Gasteiger partial charge in [-0.3, -0.25) is 4.90 Å². The summed E-state index contributed by atoms with van der Waals surface area (Å²) in [6.07, 6.45) is 7.02. The quantitative estimate of drug-likeness (QED) is 0.829. The normalized spacial score (nSPS) is 32.0.